The molecule has 0 aliphatic carbocycles. The lowest BCUT2D eigenvalue weighted by Crippen LogP contribution is -2.57. The van der Waals surface area contributed by atoms with Crippen molar-refractivity contribution in [2.24, 2.45) is 0 Å². The molecule has 1 aliphatic rings. The van der Waals surface area contributed by atoms with Crippen LogP contribution in [0.2, 0.25) is 5.28 Å². The van der Waals surface area contributed by atoms with Crippen LogP contribution in [-0.4, -0.2) is 39.4 Å². The van der Waals surface area contributed by atoms with Crippen molar-refractivity contribution in [2.45, 2.75) is 13.0 Å². The number of nitrogens with two attached hydrogens (primary N) is 1. The van der Waals surface area contributed by atoms with E-state index in [4.69, 9.17) is 17.3 Å². The van der Waals surface area contributed by atoms with Gasteiger partial charge in [-0.3, -0.25) is 14.9 Å². The molecule has 8 nitrogen and oxygen atoms in total. The molecule has 0 spiro atoms. The number of nitrogen functional groups attached to an aromatic ring is 1. The molecule has 2 rings (SSSR count). The predicted octanol–water partition coefficient (Wildman–Crippen LogP) is -1.04. The summed E-state index contributed by atoms with van der Waals surface area (Å²) in [6.45, 7) is 1.59. The van der Waals surface area contributed by atoms with Gasteiger partial charge in [0.2, 0.25) is 29.0 Å². The van der Waals surface area contributed by atoms with Gasteiger partial charge in [-0.1, -0.05) is 0 Å². The van der Waals surface area contributed by atoms with Crippen molar-refractivity contribution in [2.75, 3.05) is 17.2 Å². The van der Waals surface area contributed by atoms with Crippen molar-refractivity contribution in [3.05, 3.63) is 5.28 Å². The Labute approximate surface area is 101 Å². The number of anilines is 2. The number of hydrogen-bond acceptors (Lipinski definition) is 7. The van der Waals surface area contributed by atoms with Gasteiger partial charge in [-0.25, -0.2) is 0 Å². The lowest BCUT2D eigenvalue weighted by molar-refractivity contribution is -0.132. The molecule has 1 aromatic rings. The molecule has 0 aromatic carbocycles. The molecule has 1 aromatic heterocycles. The standard InChI is InChI=1S/C8H9ClN6O2/c1-3-5(17)11-4(16)2-15(3)8-13-6(9)12-7(10)14-8/h3H,2H2,1H3,(H,11,16,17)(H2,10,12,13,14). The predicted molar refractivity (Wildman–Crippen MR) is 59.2 cm³/mol. The third kappa shape index (κ3) is 2.26. The number of nitrogens with zero attached hydrogens (tertiary/aromatic N) is 4. The second kappa shape index (κ2) is 4.13. The molecule has 3 N–H and O–H groups in total. The highest BCUT2D eigenvalue weighted by Crippen LogP contribution is 2.16. The lowest BCUT2D eigenvalue weighted by Gasteiger charge is -2.31. The second-order valence-electron chi connectivity index (χ2n) is 3.48. The van der Waals surface area contributed by atoms with E-state index in [1.807, 2.05) is 0 Å². The van der Waals surface area contributed by atoms with Gasteiger partial charge < -0.3 is 10.6 Å². The van der Waals surface area contributed by atoms with E-state index in [0.717, 1.165) is 0 Å². The van der Waals surface area contributed by atoms with E-state index < -0.39 is 17.9 Å². The summed E-state index contributed by atoms with van der Waals surface area (Å²) >= 11 is 5.64. The van der Waals surface area contributed by atoms with Gasteiger partial charge in [0, 0.05) is 0 Å². The van der Waals surface area contributed by atoms with Gasteiger partial charge in [0.15, 0.2) is 0 Å². The summed E-state index contributed by atoms with van der Waals surface area (Å²) in [5.41, 5.74) is 5.42. The van der Waals surface area contributed by atoms with Crippen molar-refractivity contribution >= 4 is 35.3 Å². The minimum Gasteiger partial charge on any atom is -0.368 e. The minimum absolute atomic E-state index is 0.0350. The topological polar surface area (TPSA) is 114 Å². The van der Waals surface area contributed by atoms with Gasteiger partial charge in [0.1, 0.15) is 12.6 Å². The van der Waals surface area contributed by atoms with E-state index in [-0.39, 0.29) is 23.7 Å². The SMILES string of the molecule is CC1C(=O)NC(=O)CN1c1nc(N)nc(Cl)n1. The van der Waals surface area contributed by atoms with Gasteiger partial charge in [-0.2, -0.15) is 15.0 Å². The van der Waals surface area contributed by atoms with E-state index in [0.29, 0.717) is 0 Å². The largest absolute Gasteiger partial charge is 0.368 e. The van der Waals surface area contributed by atoms with Crippen LogP contribution in [0.3, 0.4) is 0 Å². The Kier molecular flexibility index (Phi) is 2.80. The van der Waals surface area contributed by atoms with E-state index in [2.05, 4.69) is 20.3 Å². The Bertz CT molecular complexity index is 473. The smallest absolute Gasteiger partial charge is 0.249 e. The quantitative estimate of drug-likeness (QED) is 0.617. The van der Waals surface area contributed by atoms with Gasteiger partial charge in [-0.15, -0.1) is 0 Å². The number of hydrogen-bond donors (Lipinski definition) is 2. The van der Waals surface area contributed by atoms with Crippen LogP contribution in [0.5, 0.6) is 0 Å². The van der Waals surface area contributed by atoms with Gasteiger partial charge >= 0.3 is 0 Å². The molecule has 17 heavy (non-hydrogen) atoms. The number of amides is 2. The lowest BCUT2D eigenvalue weighted by atomic mass is 10.2. The van der Waals surface area contributed by atoms with Crippen LogP contribution in [0.4, 0.5) is 11.9 Å². The summed E-state index contributed by atoms with van der Waals surface area (Å²) < 4.78 is 0. The van der Waals surface area contributed by atoms with Crippen molar-refractivity contribution < 1.29 is 9.59 Å². The van der Waals surface area contributed by atoms with Crippen LogP contribution in [0.1, 0.15) is 6.92 Å². The van der Waals surface area contributed by atoms with Crippen LogP contribution in [0.15, 0.2) is 0 Å². The first kappa shape index (κ1) is 11.5. The molecule has 1 unspecified atom stereocenters. The molecule has 1 saturated heterocycles. The Balaban J connectivity index is 2.37. The summed E-state index contributed by atoms with van der Waals surface area (Å²) in [6, 6.07) is -0.578. The fourth-order valence-electron chi connectivity index (χ4n) is 1.44. The Morgan fingerprint density at radius 2 is 2.12 bits per heavy atom. The van der Waals surface area contributed by atoms with E-state index in [1.54, 1.807) is 6.92 Å². The molecule has 1 aliphatic heterocycles. The Hall–Kier alpha value is -1.96. The van der Waals surface area contributed by atoms with Crippen LogP contribution in [0, 0.1) is 0 Å². The highest BCUT2D eigenvalue weighted by Gasteiger charge is 2.32. The molecular weight excluding hydrogens is 248 g/mol. The number of rotatable bonds is 1. The average molecular weight is 257 g/mol. The number of carbonyl (C=O) groups is 2. The fourth-order valence-corrected chi connectivity index (χ4v) is 1.60. The molecule has 0 saturated carbocycles. The number of aromatic nitrogens is 3. The number of piperazine rings is 1. The molecule has 0 radical (unpaired) electrons. The van der Waals surface area contributed by atoms with Crippen molar-refractivity contribution in [3.63, 3.8) is 0 Å². The normalized spacial score (nSPS) is 20.4. The molecule has 9 heteroatoms. The molecule has 1 atom stereocenters. The average Bonchev–Trinajstić information content (AvgIpc) is 2.22. The van der Waals surface area contributed by atoms with Crippen LogP contribution >= 0.6 is 11.6 Å². The summed E-state index contributed by atoms with van der Waals surface area (Å²) in [7, 11) is 0. The first-order chi connectivity index (χ1) is 7.97. The van der Waals surface area contributed by atoms with Crippen LogP contribution in [-0.2, 0) is 9.59 Å². The second-order valence-corrected chi connectivity index (χ2v) is 3.82. The Morgan fingerprint density at radius 3 is 2.76 bits per heavy atom. The highest BCUT2D eigenvalue weighted by molar-refractivity contribution is 6.28. The third-order valence-corrected chi connectivity index (χ3v) is 2.46. The van der Waals surface area contributed by atoms with E-state index in [1.165, 1.54) is 4.90 Å². The van der Waals surface area contributed by atoms with Crippen molar-refractivity contribution in [1.29, 1.82) is 0 Å². The first-order valence-corrected chi connectivity index (χ1v) is 5.12. The molecule has 1 fully saturated rings. The van der Waals surface area contributed by atoms with Gasteiger partial charge in [-0.05, 0) is 18.5 Å². The Morgan fingerprint density at radius 1 is 1.41 bits per heavy atom. The first-order valence-electron chi connectivity index (χ1n) is 4.75. The van der Waals surface area contributed by atoms with Crippen molar-refractivity contribution in [1.82, 2.24) is 20.3 Å². The van der Waals surface area contributed by atoms with Gasteiger partial charge in [0.05, 0.1) is 0 Å². The highest BCUT2D eigenvalue weighted by atomic mass is 35.5. The van der Waals surface area contributed by atoms with Crippen LogP contribution < -0.4 is 16.0 Å². The molecular formula is C8H9ClN6O2. The number of halogens is 1. The maximum absolute atomic E-state index is 11.4. The fraction of sp³-hybridized carbons (Fsp3) is 0.375. The van der Waals surface area contributed by atoms with Crippen LogP contribution in [0.25, 0.3) is 0 Å². The maximum Gasteiger partial charge on any atom is 0.249 e. The van der Waals surface area contributed by atoms with Gasteiger partial charge in [0.25, 0.3) is 0 Å². The monoisotopic (exact) mass is 256 g/mol. The maximum atomic E-state index is 11.4. The number of imide groups is 1. The molecule has 2 heterocycles. The molecule has 2 amide bonds. The molecule has 0 bridgehead atoms. The summed E-state index contributed by atoms with van der Waals surface area (Å²) in [6.07, 6.45) is 0. The third-order valence-electron chi connectivity index (χ3n) is 2.29. The van der Waals surface area contributed by atoms with E-state index >= 15 is 0 Å². The zero-order valence-corrected chi connectivity index (χ0v) is 9.60. The summed E-state index contributed by atoms with van der Waals surface area (Å²) in [5.74, 6) is -0.802. The van der Waals surface area contributed by atoms with Crippen molar-refractivity contribution in [3.8, 4) is 0 Å². The molecule has 90 valence electrons. The summed E-state index contributed by atoms with van der Waals surface area (Å²) in [4.78, 5) is 35.4. The minimum atomic E-state index is -0.578. The number of carbonyl (C=O) groups excluding carboxylic acids is 2. The zero-order valence-electron chi connectivity index (χ0n) is 8.85. The summed E-state index contributed by atoms with van der Waals surface area (Å²) in [5, 5.41) is 2.12. The number of nitrogens with one attached hydrogen (secondary N) is 1. The van der Waals surface area contributed by atoms with E-state index in [9.17, 15) is 9.59 Å². The zero-order chi connectivity index (χ0) is 12.6.